The molecule has 1 aromatic carbocycles. The Labute approximate surface area is 132 Å². The fourth-order valence-electron chi connectivity index (χ4n) is 1.36. The predicted molar refractivity (Wildman–Crippen MR) is 82.2 cm³/mol. The van der Waals surface area contributed by atoms with Crippen LogP contribution in [0.3, 0.4) is 0 Å². The lowest BCUT2D eigenvalue weighted by molar-refractivity contribution is -0.123. The second-order valence-corrected chi connectivity index (χ2v) is 5.83. The van der Waals surface area contributed by atoms with Gasteiger partial charge in [-0.1, -0.05) is 30.1 Å². The summed E-state index contributed by atoms with van der Waals surface area (Å²) in [5.41, 5.74) is 0. The molecule has 0 aliphatic heterocycles. The number of rotatable bonds is 7. The van der Waals surface area contributed by atoms with Gasteiger partial charge in [-0.2, -0.15) is 5.26 Å². The molecule has 0 heterocycles. The second kappa shape index (κ2) is 8.96. The van der Waals surface area contributed by atoms with Gasteiger partial charge in [-0.3, -0.25) is 4.79 Å². The molecular weight excluding hydrogens is 319 g/mol. The van der Waals surface area contributed by atoms with Crippen molar-refractivity contribution in [2.24, 2.45) is 0 Å². The van der Waals surface area contributed by atoms with E-state index in [0.29, 0.717) is 21.5 Å². The van der Waals surface area contributed by atoms with Crippen molar-refractivity contribution in [3.05, 3.63) is 28.2 Å². The Morgan fingerprint density at radius 3 is 2.90 bits per heavy atom. The van der Waals surface area contributed by atoms with E-state index in [2.05, 4.69) is 5.32 Å². The van der Waals surface area contributed by atoms with E-state index in [9.17, 15) is 4.79 Å². The van der Waals surface area contributed by atoms with E-state index in [1.165, 1.54) is 11.8 Å². The Balaban J connectivity index is 2.44. The number of carbonyl (C=O) groups excluding carboxylic acids is 1. The predicted octanol–water partition coefficient (Wildman–Crippen LogP) is 3.48. The van der Waals surface area contributed by atoms with Crippen LogP contribution < -0.4 is 10.1 Å². The van der Waals surface area contributed by atoms with E-state index in [4.69, 9.17) is 33.2 Å². The number of hydrogen-bond acceptors (Lipinski definition) is 4. The molecule has 0 saturated heterocycles. The summed E-state index contributed by atoms with van der Waals surface area (Å²) in [6.45, 7) is 1.80. The van der Waals surface area contributed by atoms with Gasteiger partial charge in [0.1, 0.15) is 5.75 Å². The molecule has 0 aromatic heterocycles. The number of hydrogen-bond donors (Lipinski definition) is 1. The first-order chi connectivity index (χ1) is 9.56. The van der Waals surface area contributed by atoms with Crippen molar-refractivity contribution in [1.29, 1.82) is 5.26 Å². The first-order valence-corrected chi connectivity index (χ1v) is 7.73. The van der Waals surface area contributed by atoms with Crippen molar-refractivity contribution >= 4 is 40.9 Å². The zero-order valence-corrected chi connectivity index (χ0v) is 13.2. The van der Waals surface area contributed by atoms with Crippen molar-refractivity contribution in [3.63, 3.8) is 0 Å². The zero-order chi connectivity index (χ0) is 15.0. The van der Waals surface area contributed by atoms with Crippen LogP contribution in [-0.2, 0) is 4.79 Å². The molecule has 7 heteroatoms. The fourth-order valence-corrected chi connectivity index (χ4v) is 2.55. The lowest BCUT2D eigenvalue weighted by Gasteiger charge is -2.15. The molecular formula is C13H14Cl2N2O2S. The van der Waals surface area contributed by atoms with E-state index < -0.39 is 0 Å². The van der Waals surface area contributed by atoms with Gasteiger partial charge in [0, 0.05) is 5.02 Å². The first-order valence-electron chi connectivity index (χ1n) is 5.92. The van der Waals surface area contributed by atoms with Gasteiger partial charge < -0.3 is 10.1 Å². The largest absolute Gasteiger partial charge is 0.482 e. The standard InChI is InChI=1S/C13H14Cl2N2O2S/c1-2-13(20-6-5-16)17-12(18)8-19-11-4-3-9(14)7-10(11)15/h3-4,7,13H,2,6,8H2,1H3,(H,17,18). The molecule has 108 valence electrons. The summed E-state index contributed by atoms with van der Waals surface area (Å²) in [5, 5.41) is 12.1. The smallest absolute Gasteiger partial charge is 0.258 e. The van der Waals surface area contributed by atoms with Crippen LogP contribution in [0, 0.1) is 11.3 Å². The summed E-state index contributed by atoms with van der Waals surface area (Å²) >= 11 is 13.1. The fraction of sp³-hybridized carbons (Fsp3) is 0.385. The molecule has 0 spiro atoms. The van der Waals surface area contributed by atoms with E-state index in [-0.39, 0.29) is 17.9 Å². The summed E-state index contributed by atoms with van der Waals surface area (Å²) in [5.74, 6) is 0.486. The van der Waals surface area contributed by atoms with Crippen molar-refractivity contribution < 1.29 is 9.53 Å². The van der Waals surface area contributed by atoms with Crippen LogP contribution in [0.15, 0.2) is 18.2 Å². The molecule has 0 saturated carbocycles. The Morgan fingerprint density at radius 2 is 2.30 bits per heavy atom. The highest BCUT2D eigenvalue weighted by Gasteiger charge is 2.12. The molecule has 1 N–H and O–H groups in total. The third-order valence-corrected chi connectivity index (χ3v) is 3.97. The molecule has 1 rings (SSSR count). The maximum Gasteiger partial charge on any atom is 0.258 e. The van der Waals surface area contributed by atoms with Crippen molar-refractivity contribution in [1.82, 2.24) is 5.32 Å². The van der Waals surface area contributed by atoms with E-state index in [1.54, 1.807) is 18.2 Å². The lowest BCUT2D eigenvalue weighted by Crippen LogP contribution is -2.35. The molecule has 1 atom stereocenters. The van der Waals surface area contributed by atoms with Gasteiger partial charge in [-0.15, -0.1) is 11.8 Å². The molecule has 0 aliphatic rings. The molecule has 0 bridgehead atoms. The highest BCUT2D eigenvalue weighted by Crippen LogP contribution is 2.27. The minimum absolute atomic E-state index is 0.0913. The maximum atomic E-state index is 11.7. The first kappa shape index (κ1) is 17.0. The number of ether oxygens (including phenoxy) is 1. The van der Waals surface area contributed by atoms with E-state index in [1.807, 2.05) is 13.0 Å². The third-order valence-electron chi connectivity index (χ3n) is 2.29. The van der Waals surface area contributed by atoms with Crippen LogP contribution in [-0.4, -0.2) is 23.6 Å². The number of nitrogens with one attached hydrogen (secondary N) is 1. The molecule has 0 aliphatic carbocycles. The number of nitriles is 1. The highest BCUT2D eigenvalue weighted by molar-refractivity contribution is 8.00. The summed E-state index contributed by atoms with van der Waals surface area (Å²) in [7, 11) is 0. The Kier molecular flexibility index (Phi) is 7.60. The van der Waals surface area contributed by atoms with Gasteiger partial charge in [-0.05, 0) is 24.6 Å². The second-order valence-electron chi connectivity index (χ2n) is 3.80. The number of amides is 1. The van der Waals surface area contributed by atoms with Crippen LogP contribution in [0.5, 0.6) is 5.75 Å². The SMILES string of the molecule is CCC(NC(=O)COc1ccc(Cl)cc1Cl)SCC#N. The minimum Gasteiger partial charge on any atom is -0.482 e. The van der Waals surface area contributed by atoms with Crippen molar-refractivity contribution in [3.8, 4) is 11.8 Å². The molecule has 0 radical (unpaired) electrons. The van der Waals surface area contributed by atoms with Crippen LogP contribution in [0.4, 0.5) is 0 Å². The average molecular weight is 333 g/mol. The van der Waals surface area contributed by atoms with Gasteiger partial charge in [0.2, 0.25) is 0 Å². The topological polar surface area (TPSA) is 62.1 Å². The van der Waals surface area contributed by atoms with E-state index >= 15 is 0 Å². The molecule has 4 nitrogen and oxygen atoms in total. The van der Waals surface area contributed by atoms with Crippen LogP contribution in [0.2, 0.25) is 10.0 Å². The third kappa shape index (κ3) is 5.91. The molecule has 0 fully saturated rings. The Morgan fingerprint density at radius 1 is 1.55 bits per heavy atom. The molecule has 1 unspecified atom stereocenters. The summed E-state index contributed by atoms with van der Waals surface area (Å²) in [6.07, 6.45) is 0.736. The zero-order valence-electron chi connectivity index (χ0n) is 10.9. The van der Waals surface area contributed by atoms with Crippen LogP contribution in [0.1, 0.15) is 13.3 Å². The molecule has 1 amide bonds. The summed E-state index contributed by atoms with van der Waals surface area (Å²) in [4.78, 5) is 11.7. The number of benzene rings is 1. The summed E-state index contributed by atoms with van der Waals surface area (Å²) in [6, 6.07) is 6.82. The Bertz CT molecular complexity index is 506. The number of thioether (sulfide) groups is 1. The lowest BCUT2D eigenvalue weighted by atomic mass is 10.3. The van der Waals surface area contributed by atoms with Gasteiger partial charge in [0.25, 0.3) is 5.91 Å². The minimum atomic E-state index is -0.256. The monoisotopic (exact) mass is 332 g/mol. The number of nitrogens with zero attached hydrogens (tertiary/aromatic N) is 1. The average Bonchev–Trinajstić information content (AvgIpc) is 2.42. The quantitative estimate of drug-likeness (QED) is 0.776. The number of carbonyl (C=O) groups is 1. The molecule has 20 heavy (non-hydrogen) atoms. The normalized spacial score (nSPS) is 11.5. The van der Waals surface area contributed by atoms with E-state index in [0.717, 1.165) is 6.42 Å². The van der Waals surface area contributed by atoms with Crippen LogP contribution >= 0.6 is 35.0 Å². The highest BCUT2D eigenvalue weighted by atomic mass is 35.5. The van der Waals surface area contributed by atoms with Crippen molar-refractivity contribution in [2.45, 2.75) is 18.7 Å². The van der Waals surface area contributed by atoms with Gasteiger partial charge >= 0.3 is 0 Å². The molecule has 1 aromatic rings. The Hall–Kier alpha value is -1.09. The maximum absolute atomic E-state index is 11.7. The van der Waals surface area contributed by atoms with Crippen molar-refractivity contribution in [2.75, 3.05) is 12.4 Å². The van der Waals surface area contributed by atoms with Crippen LogP contribution in [0.25, 0.3) is 0 Å². The van der Waals surface area contributed by atoms with Gasteiger partial charge in [0.15, 0.2) is 6.61 Å². The van der Waals surface area contributed by atoms with Gasteiger partial charge in [0.05, 0.1) is 22.2 Å². The summed E-state index contributed by atoms with van der Waals surface area (Å²) < 4.78 is 5.33. The number of halogens is 2. The van der Waals surface area contributed by atoms with Gasteiger partial charge in [-0.25, -0.2) is 0 Å².